The van der Waals surface area contributed by atoms with Gasteiger partial charge in [-0.3, -0.25) is 20.0 Å². The maximum absolute atomic E-state index is 12.0. The molecule has 0 saturated heterocycles. The van der Waals surface area contributed by atoms with E-state index in [1.54, 1.807) is 36.4 Å². The number of benzene rings is 1. The van der Waals surface area contributed by atoms with Crippen molar-refractivity contribution in [2.45, 2.75) is 76.1 Å². The average Bonchev–Trinajstić information content (AvgIpc) is 3.16. The number of hydrogen-bond donors (Lipinski definition) is 6. The van der Waals surface area contributed by atoms with Gasteiger partial charge in [0.15, 0.2) is 0 Å². The number of aliphatic hydroxyl groups excluding tert-OH is 3. The van der Waals surface area contributed by atoms with E-state index in [1.807, 2.05) is 12.2 Å². The molecule has 0 aromatic heterocycles. The molecule has 1 amide bonds. The van der Waals surface area contributed by atoms with Crippen LogP contribution >= 0.6 is 11.6 Å². The number of nitrogens with zero attached hydrogens (tertiary/aromatic N) is 1. The maximum Gasteiger partial charge on any atom is 0.220 e. The number of carbonyl (C=O) groups excluding carboxylic acids is 1. The molecule has 1 aromatic carbocycles. The van der Waals surface area contributed by atoms with E-state index in [1.165, 1.54) is 0 Å². The molecule has 11 heteroatoms. The Labute approximate surface area is 235 Å². The molecule has 39 heavy (non-hydrogen) atoms. The fourth-order valence-electron chi connectivity index (χ4n) is 4.55. The summed E-state index contributed by atoms with van der Waals surface area (Å²) >= 11 is 5.94. The van der Waals surface area contributed by atoms with Crippen LogP contribution in [-0.4, -0.2) is 75.1 Å². The van der Waals surface area contributed by atoms with Crippen molar-refractivity contribution in [3.63, 3.8) is 0 Å². The number of allylic oxidation sites excluding steroid dienone is 2. The fourth-order valence-corrected chi connectivity index (χ4v) is 4.73. The molecule has 0 unspecified atom stereocenters. The third kappa shape index (κ3) is 14.3. The molecule has 0 bridgehead atoms. The lowest BCUT2D eigenvalue weighted by Gasteiger charge is -2.19. The normalized spacial score (nSPS) is 22.2. The van der Waals surface area contributed by atoms with Crippen molar-refractivity contribution in [2.75, 3.05) is 19.8 Å². The summed E-state index contributed by atoms with van der Waals surface area (Å²) < 4.78 is 5.55. The molecular formula is C28H43ClN2O8. The summed E-state index contributed by atoms with van der Waals surface area (Å²) in [6.07, 6.45) is 11.3. The highest BCUT2D eigenvalue weighted by Crippen LogP contribution is 2.36. The third-order valence-electron chi connectivity index (χ3n) is 6.64. The lowest BCUT2D eigenvalue weighted by molar-refractivity contribution is -0.492. The van der Waals surface area contributed by atoms with Gasteiger partial charge in [0.25, 0.3) is 0 Å². The smallest absolute Gasteiger partial charge is 0.220 e. The van der Waals surface area contributed by atoms with Crippen LogP contribution in [0.4, 0.5) is 0 Å². The van der Waals surface area contributed by atoms with Crippen LogP contribution < -0.4 is 10.1 Å². The number of rotatable bonds is 19. The number of ether oxygens (including phenoxy) is 1. The molecule has 5 atom stereocenters. The molecule has 1 aliphatic carbocycles. The Morgan fingerprint density at radius 2 is 1.92 bits per heavy atom. The topological polar surface area (TPSA) is 152 Å². The minimum absolute atomic E-state index is 0.0142. The molecule has 0 radical (unpaired) electrons. The van der Waals surface area contributed by atoms with E-state index in [0.717, 1.165) is 32.1 Å². The van der Waals surface area contributed by atoms with Crippen LogP contribution in [-0.2, 0) is 9.63 Å². The van der Waals surface area contributed by atoms with Gasteiger partial charge in [0.1, 0.15) is 18.5 Å². The van der Waals surface area contributed by atoms with E-state index < -0.39 is 18.3 Å². The second-order valence-electron chi connectivity index (χ2n) is 9.78. The number of aliphatic hydroxyl groups is 3. The van der Waals surface area contributed by atoms with Crippen molar-refractivity contribution in [3.05, 3.63) is 53.6 Å². The van der Waals surface area contributed by atoms with Crippen molar-refractivity contribution in [3.8, 4) is 5.75 Å². The molecule has 6 N–H and O–H groups in total. The molecule has 0 spiro atoms. The summed E-state index contributed by atoms with van der Waals surface area (Å²) in [5, 5.41) is 51.1. The van der Waals surface area contributed by atoms with E-state index >= 15 is 0 Å². The Morgan fingerprint density at radius 1 is 1.13 bits per heavy atom. The Balaban J connectivity index is 1.60. The van der Waals surface area contributed by atoms with Gasteiger partial charge >= 0.3 is 0 Å². The molecule has 0 aliphatic heterocycles. The van der Waals surface area contributed by atoms with Crippen molar-refractivity contribution in [2.24, 2.45) is 11.8 Å². The van der Waals surface area contributed by atoms with Gasteiger partial charge < -0.3 is 25.4 Å². The van der Waals surface area contributed by atoms with Gasteiger partial charge in [-0.05, 0) is 56.2 Å². The number of nitrogens with one attached hydrogen (secondary N) is 1. The lowest BCUT2D eigenvalue weighted by Crippen LogP contribution is -2.23. The van der Waals surface area contributed by atoms with Gasteiger partial charge in [-0.1, -0.05) is 54.8 Å². The van der Waals surface area contributed by atoms with Crippen molar-refractivity contribution in [1.82, 2.24) is 10.7 Å². The highest BCUT2D eigenvalue weighted by atomic mass is 35.5. The van der Waals surface area contributed by atoms with Crippen LogP contribution in [0.5, 0.6) is 5.75 Å². The predicted molar refractivity (Wildman–Crippen MR) is 146 cm³/mol. The first-order valence-corrected chi connectivity index (χ1v) is 14.0. The van der Waals surface area contributed by atoms with Crippen LogP contribution in [0.2, 0.25) is 5.02 Å². The van der Waals surface area contributed by atoms with Crippen LogP contribution in [0, 0.1) is 11.8 Å². The monoisotopic (exact) mass is 570 g/mol. The second kappa shape index (κ2) is 19.1. The van der Waals surface area contributed by atoms with Crippen molar-refractivity contribution >= 4 is 17.5 Å². The number of halogens is 1. The number of unbranched alkanes of at least 4 members (excludes halogenated alkanes) is 4. The number of amides is 1. The summed E-state index contributed by atoms with van der Waals surface area (Å²) in [6.45, 7) is 0.889. The van der Waals surface area contributed by atoms with Gasteiger partial charge in [-0.2, -0.15) is 0 Å². The molecule has 2 rings (SSSR count). The zero-order valence-electron chi connectivity index (χ0n) is 22.3. The molecule has 1 saturated carbocycles. The van der Waals surface area contributed by atoms with Gasteiger partial charge in [0.05, 0.1) is 24.2 Å². The van der Waals surface area contributed by atoms with Crippen LogP contribution in [0.1, 0.15) is 57.8 Å². The minimum atomic E-state index is -0.865. The summed E-state index contributed by atoms with van der Waals surface area (Å²) in [5.74, 6) is 0.142. The molecule has 0 heterocycles. The van der Waals surface area contributed by atoms with E-state index in [2.05, 4.69) is 10.2 Å². The zero-order chi connectivity index (χ0) is 28.5. The number of carbonyl (C=O) groups is 1. The SMILES string of the molecule is O=C(CCC/C=C\C[C@@H]1[C@@H](/C=C/[C@@H](O)COc2cccc(Cl)c2)[C@H](O)C[C@@H]1O)NCCCCCCON(O)O. The van der Waals surface area contributed by atoms with E-state index in [0.29, 0.717) is 43.0 Å². The Morgan fingerprint density at radius 3 is 2.69 bits per heavy atom. The fraction of sp³-hybridized carbons (Fsp3) is 0.607. The minimum Gasteiger partial charge on any atom is -0.491 e. The lowest BCUT2D eigenvalue weighted by atomic mass is 9.89. The largest absolute Gasteiger partial charge is 0.491 e. The molecule has 1 fully saturated rings. The quantitative estimate of drug-likeness (QED) is 0.0828. The van der Waals surface area contributed by atoms with Gasteiger partial charge in [0.2, 0.25) is 5.91 Å². The van der Waals surface area contributed by atoms with Gasteiger partial charge in [-0.25, -0.2) is 0 Å². The van der Waals surface area contributed by atoms with E-state index in [-0.39, 0.29) is 36.3 Å². The summed E-state index contributed by atoms with van der Waals surface area (Å²) in [5.41, 5.74) is 0. The van der Waals surface area contributed by atoms with Crippen molar-refractivity contribution < 1.29 is 40.1 Å². The average molecular weight is 571 g/mol. The van der Waals surface area contributed by atoms with Gasteiger partial charge in [0, 0.05) is 30.3 Å². The van der Waals surface area contributed by atoms with Gasteiger partial charge in [-0.15, -0.1) is 0 Å². The molecular weight excluding hydrogens is 528 g/mol. The standard InChI is InChI=1S/C28H43ClN2O8/c29-21-10-9-11-23(18-21)38-20-22(32)14-15-25-24(26(33)19-27(25)34)12-5-1-2-6-13-28(35)30-16-7-3-4-8-17-39-31(36)37/h1,5,9-11,14-15,18,22,24-27,32-34,36-37H,2-4,6-8,12-13,16-17,19-20H2,(H,30,35)/b5-1-,15-14+/t22-,24-,25-,26+,27-/m1/s1. The highest BCUT2D eigenvalue weighted by Gasteiger charge is 2.39. The van der Waals surface area contributed by atoms with Crippen LogP contribution in [0.15, 0.2) is 48.6 Å². The highest BCUT2D eigenvalue weighted by molar-refractivity contribution is 6.30. The first kappa shape index (κ1) is 33.2. The third-order valence-corrected chi connectivity index (χ3v) is 6.87. The summed E-state index contributed by atoms with van der Waals surface area (Å²) in [4.78, 5) is 16.4. The van der Waals surface area contributed by atoms with Crippen LogP contribution in [0.3, 0.4) is 0 Å². The Bertz CT molecular complexity index is 885. The van der Waals surface area contributed by atoms with Crippen molar-refractivity contribution in [1.29, 1.82) is 0 Å². The van der Waals surface area contributed by atoms with E-state index in [9.17, 15) is 20.1 Å². The molecule has 1 aromatic rings. The summed E-state index contributed by atoms with van der Waals surface area (Å²) in [7, 11) is 0. The Kier molecular flexibility index (Phi) is 16.3. The molecule has 10 nitrogen and oxygen atoms in total. The summed E-state index contributed by atoms with van der Waals surface area (Å²) in [6, 6.07) is 6.92. The second-order valence-corrected chi connectivity index (χ2v) is 10.2. The molecule has 1 aliphatic rings. The van der Waals surface area contributed by atoms with Crippen LogP contribution in [0.25, 0.3) is 0 Å². The molecule has 220 valence electrons. The first-order valence-electron chi connectivity index (χ1n) is 13.6. The first-order chi connectivity index (χ1) is 18.8. The maximum atomic E-state index is 12.0. The van der Waals surface area contributed by atoms with E-state index in [4.69, 9.17) is 26.8 Å². The zero-order valence-corrected chi connectivity index (χ0v) is 23.0. The predicted octanol–water partition coefficient (Wildman–Crippen LogP) is 3.80. The number of hydrogen-bond acceptors (Lipinski definition) is 9. The Hall–Kier alpha value is -2.02.